The Labute approximate surface area is 125 Å². The van der Waals surface area contributed by atoms with Gasteiger partial charge in [-0.05, 0) is 41.2 Å². The van der Waals surface area contributed by atoms with Gasteiger partial charge in [-0.25, -0.2) is 4.79 Å². The molecule has 0 atom stereocenters. The van der Waals surface area contributed by atoms with Crippen molar-refractivity contribution in [2.24, 2.45) is 0 Å². The minimum Gasteiger partial charge on any atom is -0.472 e. The summed E-state index contributed by atoms with van der Waals surface area (Å²) >= 11 is 0. The number of amides is 2. The molecule has 0 aliphatic rings. The van der Waals surface area contributed by atoms with Crippen molar-refractivity contribution in [1.82, 2.24) is 5.32 Å². The fourth-order valence-electron chi connectivity index (χ4n) is 1.98. The van der Waals surface area contributed by atoms with Gasteiger partial charge in [-0.1, -0.05) is 32.9 Å². The Balaban J connectivity index is 1.79. The van der Waals surface area contributed by atoms with Gasteiger partial charge in [-0.3, -0.25) is 0 Å². The minimum absolute atomic E-state index is 0.116. The second kappa shape index (κ2) is 6.48. The summed E-state index contributed by atoms with van der Waals surface area (Å²) in [6.07, 6.45) is 4.07. The third-order valence-corrected chi connectivity index (χ3v) is 3.29. The summed E-state index contributed by atoms with van der Waals surface area (Å²) in [4.78, 5) is 11.8. The highest BCUT2D eigenvalue weighted by Gasteiger charge is 2.13. The van der Waals surface area contributed by atoms with E-state index in [1.165, 1.54) is 5.56 Å². The molecule has 0 fully saturated rings. The molecular weight excluding hydrogens is 264 g/mol. The van der Waals surface area contributed by atoms with Crippen LogP contribution in [0.2, 0.25) is 0 Å². The predicted molar refractivity (Wildman–Crippen MR) is 84.6 cm³/mol. The van der Waals surface area contributed by atoms with Crippen LogP contribution in [0.1, 0.15) is 31.9 Å². The summed E-state index contributed by atoms with van der Waals surface area (Å²) in [5.74, 6) is 0. The Morgan fingerprint density at radius 3 is 2.43 bits per heavy atom. The van der Waals surface area contributed by atoms with Gasteiger partial charge in [0.15, 0.2) is 0 Å². The van der Waals surface area contributed by atoms with Crippen LogP contribution in [-0.2, 0) is 11.8 Å². The third-order valence-electron chi connectivity index (χ3n) is 3.29. The highest BCUT2D eigenvalue weighted by atomic mass is 16.3. The first-order valence-electron chi connectivity index (χ1n) is 7.11. The van der Waals surface area contributed by atoms with Crippen molar-refractivity contribution in [1.29, 1.82) is 0 Å². The van der Waals surface area contributed by atoms with Crippen molar-refractivity contribution in [2.45, 2.75) is 32.6 Å². The number of carbonyl (C=O) groups is 1. The van der Waals surface area contributed by atoms with Crippen molar-refractivity contribution < 1.29 is 9.21 Å². The predicted octanol–water partition coefficient (Wildman–Crippen LogP) is 3.94. The van der Waals surface area contributed by atoms with E-state index < -0.39 is 0 Å². The van der Waals surface area contributed by atoms with Gasteiger partial charge in [-0.2, -0.15) is 0 Å². The normalized spacial score (nSPS) is 11.2. The molecule has 1 aromatic heterocycles. The molecular formula is C17H22N2O2. The van der Waals surface area contributed by atoms with Crippen molar-refractivity contribution >= 4 is 11.7 Å². The summed E-state index contributed by atoms with van der Waals surface area (Å²) in [7, 11) is 0. The zero-order chi connectivity index (χ0) is 15.3. The van der Waals surface area contributed by atoms with Gasteiger partial charge in [0, 0.05) is 12.2 Å². The van der Waals surface area contributed by atoms with Crippen LogP contribution in [0, 0.1) is 0 Å². The maximum Gasteiger partial charge on any atom is 0.319 e. The first kappa shape index (κ1) is 15.2. The summed E-state index contributed by atoms with van der Waals surface area (Å²) < 4.78 is 4.98. The lowest BCUT2D eigenvalue weighted by Crippen LogP contribution is -2.30. The summed E-state index contributed by atoms with van der Waals surface area (Å²) in [6.45, 7) is 7.07. The molecule has 112 valence electrons. The molecule has 0 radical (unpaired) electrons. The molecule has 2 aromatic rings. The van der Waals surface area contributed by atoms with E-state index in [0.29, 0.717) is 6.54 Å². The second-order valence-electron chi connectivity index (χ2n) is 6.09. The van der Waals surface area contributed by atoms with Gasteiger partial charge in [0.05, 0.1) is 12.5 Å². The molecule has 0 saturated carbocycles. The standard InChI is InChI=1S/C17H22N2O2/c1-17(2,3)14-4-6-15(7-5-14)19-16(20)18-10-8-13-9-11-21-12-13/h4-7,9,11-12H,8,10H2,1-3H3,(H2,18,19,20). The molecule has 1 heterocycles. The maximum absolute atomic E-state index is 11.8. The third kappa shape index (κ3) is 4.67. The molecule has 2 rings (SSSR count). The number of nitrogens with one attached hydrogen (secondary N) is 2. The SMILES string of the molecule is CC(C)(C)c1ccc(NC(=O)NCCc2ccoc2)cc1. The first-order valence-corrected chi connectivity index (χ1v) is 7.11. The average Bonchev–Trinajstić information content (AvgIpc) is 2.91. The summed E-state index contributed by atoms with van der Waals surface area (Å²) in [5.41, 5.74) is 3.23. The molecule has 1 aromatic carbocycles. The molecule has 4 heteroatoms. The number of carbonyl (C=O) groups excluding carboxylic acids is 1. The van der Waals surface area contributed by atoms with E-state index in [9.17, 15) is 4.79 Å². The molecule has 0 bridgehead atoms. The van der Waals surface area contributed by atoms with E-state index in [4.69, 9.17) is 4.42 Å². The number of anilines is 1. The van der Waals surface area contributed by atoms with Crippen LogP contribution >= 0.6 is 0 Å². The van der Waals surface area contributed by atoms with E-state index >= 15 is 0 Å². The van der Waals surface area contributed by atoms with Gasteiger partial charge in [0.25, 0.3) is 0 Å². The lowest BCUT2D eigenvalue weighted by atomic mass is 9.87. The average molecular weight is 286 g/mol. The van der Waals surface area contributed by atoms with E-state index in [-0.39, 0.29) is 11.4 Å². The van der Waals surface area contributed by atoms with Crippen molar-refractivity contribution in [3.8, 4) is 0 Å². The molecule has 0 aliphatic heterocycles. The number of rotatable bonds is 4. The molecule has 2 N–H and O–H groups in total. The molecule has 0 spiro atoms. The van der Waals surface area contributed by atoms with E-state index in [0.717, 1.165) is 17.7 Å². The topological polar surface area (TPSA) is 54.3 Å². The Morgan fingerprint density at radius 1 is 1.14 bits per heavy atom. The number of urea groups is 1. The van der Waals surface area contributed by atoms with E-state index in [1.54, 1.807) is 12.5 Å². The smallest absolute Gasteiger partial charge is 0.319 e. The van der Waals surface area contributed by atoms with Gasteiger partial charge >= 0.3 is 6.03 Å². The lowest BCUT2D eigenvalue weighted by molar-refractivity contribution is 0.252. The van der Waals surface area contributed by atoms with Crippen LogP contribution in [0.15, 0.2) is 47.3 Å². The Bertz CT molecular complexity index is 566. The second-order valence-corrected chi connectivity index (χ2v) is 6.09. The molecule has 2 amide bonds. The van der Waals surface area contributed by atoms with Crippen LogP contribution in [0.4, 0.5) is 10.5 Å². The monoisotopic (exact) mass is 286 g/mol. The van der Waals surface area contributed by atoms with Gasteiger partial charge < -0.3 is 15.1 Å². The van der Waals surface area contributed by atoms with Gasteiger partial charge in [-0.15, -0.1) is 0 Å². The highest BCUT2D eigenvalue weighted by molar-refractivity contribution is 5.89. The fraction of sp³-hybridized carbons (Fsp3) is 0.353. The molecule has 21 heavy (non-hydrogen) atoms. The van der Waals surface area contributed by atoms with Crippen LogP contribution in [0.3, 0.4) is 0 Å². The zero-order valence-electron chi connectivity index (χ0n) is 12.8. The summed E-state index contributed by atoms with van der Waals surface area (Å²) in [5, 5.41) is 5.65. The van der Waals surface area contributed by atoms with Gasteiger partial charge in [0.2, 0.25) is 0 Å². The Morgan fingerprint density at radius 2 is 1.86 bits per heavy atom. The van der Waals surface area contributed by atoms with Crippen LogP contribution < -0.4 is 10.6 Å². The zero-order valence-corrected chi connectivity index (χ0v) is 12.8. The molecule has 0 aliphatic carbocycles. The van der Waals surface area contributed by atoms with Crippen molar-refractivity contribution in [3.63, 3.8) is 0 Å². The van der Waals surface area contributed by atoms with E-state index in [1.807, 2.05) is 30.3 Å². The van der Waals surface area contributed by atoms with Crippen LogP contribution in [0.5, 0.6) is 0 Å². The summed E-state index contributed by atoms with van der Waals surface area (Å²) in [6, 6.07) is 9.64. The minimum atomic E-state index is -0.193. The number of hydrogen-bond acceptors (Lipinski definition) is 2. The first-order chi connectivity index (χ1) is 9.95. The quantitative estimate of drug-likeness (QED) is 0.894. The number of hydrogen-bond donors (Lipinski definition) is 2. The van der Waals surface area contributed by atoms with E-state index in [2.05, 4.69) is 31.4 Å². The largest absolute Gasteiger partial charge is 0.472 e. The molecule has 0 unspecified atom stereocenters. The number of benzene rings is 1. The van der Waals surface area contributed by atoms with Crippen molar-refractivity contribution in [2.75, 3.05) is 11.9 Å². The van der Waals surface area contributed by atoms with Crippen LogP contribution in [0.25, 0.3) is 0 Å². The Kier molecular flexibility index (Phi) is 4.68. The molecule has 4 nitrogen and oxygen atoms in total. The maximum atomic E-state index is 11.8. The van der Waals surface area contributed by atoms with Gasteiger partial charge in [0.1, 0.15) is 0 Å². The highest BCUT2D eigenvalue weighted by Crippen LogP contribution is 2.23. The fourth-order valence-corrected chi connectivity index (χ4v) is 1.98. The van der Waals surface area contributed by atoms with Crippen molar-refractivity contribution in [3.05, 3.63) is 54.0 Å². The Hall–Kier alpha value is -2.23. The lowest BCUT2D eigenvalue weighted by Gasteiger charge is -2.19. The number of furan rings is 1. The molecule has 0 saturated heterocycles. The van der Waals surface area contributed by atoms with Crippen LogP contribution in [-0.4, -0.2) is 12.6 Å².